The Morgan fingerprint density at radius 3 is 1.86 bits per heavy atom. The maximum absolute atomic E-state index is 6.06. The highest BCUT2D eigenvalue weighted by Crippen LogP contribution is 2.28. The number of hydrogen-bond donors (Lipinski definition) is 0. The number of benzene rings is 3. The Morgan fingerprint density at radius 2 is 1.14 bits per heavy atom. The van der Waals surface area contributed by atoms with Crippen molar-refractivity contribution in [1.82, 2.24) is 0 Å². The Balaban J connectivity index is 1.40. The van der Waals surface area contributed by atoms with E-state index in [2.05, 4.69) is 83.5 Å². The Bertz CT molecular complexity index is 978. The van der Waals surface area contributed by atoms with Gasteiger partial charge in [-0.05, 0) is 71.3 Å². The molecule has 1 nitrogen and oxygen atoms in total. The first-order valence-corrected chi connectivity index (χ1v) is 15.7. The lowest BCUT2D eigenvalue weighted by molar-refractivity contribution is 0.304. The number of rotatable bonds is 19. The molecule has 0 aromatic heterocycles. The van der Waals surface area contributed by atoms with Crippen molar-refractivity contribution in [3.63, 3.8) is 0 Å². The highest BCUT2D eigenvalue weighted by molar-refractivity contribution is 9.09. The second kappa shape index (κ2) is 17.6. The Labute approximate surface area is 229 Å². The van der Waals surface area contributed by atoms with Crippen LogP contribution < -0.4 is 4.74 Å². The molecule has 3 aromatic rings. The first-order valence-electron chi connectivity index (χ1n) is 14.6. The van der Waals surface area contributed by atoms with Gasteiger partial charge in [0.1, 0.15) is 5.75 Å². The quantitative estimate of drug-likeness (QED) is 0.106. The van der Waals surface area contributed by atoms with Crippen molar-refractivity contribution in [3.05, 3.63) is 66.2 Å². The molecule has 0 N–H and O–H groups in total. The number of fused-ring (bicyclic) bond motifs is 1. The summed E-state index contributed by atoms with van der Waals surface area (Å²) in [6.45, 7) is 3.10. The van der Waals surface area contributed by atoms with Gasteiger partial charge in [-0.25, -0.2) is 0 Å². The van der Waals surface area contributed by atoms with Crippen molar-refractivity contribution >= 4 is 26.7 Å². The fourth-order valence-electron chi connectivity index (χ4n) is 4.91. The molecule has 0 aliphatic carbocycles. The van der Waals surface area contributed by atoms with E-state index in [1.165, 1.54) is 117 Å². The lowest BCUT2D eigenvalue weighted by Crippen LogP contribution is -1.97. The van der Waals surface area contributed by atoms with E-state index in [0.717, 1.165) is 24.1 Å². The van der Waals surface area contributed by atoms with E-state index in [-0.39, 0.29) is 0 Å². The van der Waals surface area contributed by atoms with Crippen LogP contribution in [0.15, 0.2) is 60.7 Å². The molecule has 3 rings (SSSR count). The average molecular weight is 552 g/mol. The SMILES string of the molecule is CCCCCCCCc1ccc(-c2ccc3cc(OCCCCCCCCCCBr)ccc3c2)cc1. The van der Waals surface area contributed by atoms with Gasteiger partial charge in [0.2, 0.25) is 0 Å². The van der Waals surface area contributed by atoms with Gasteiger partial charge < -0.3 is 4.74 Å². The summed E-state index contributed by atoms with van der Waals surface area (Å²) < 4.78 is 6.06. The summed E-state index contributed by atoms with van der Waals surface area (Å²) in [5.41, 5.74) is 4.05. The van der Waals surface area contributed by atoms with Crippen molar-refractivity contribution < 1.29 is 4.74 Å². The van der Waals surface area contributed by atoms with Crippen LogP contribution in [0.25, 0.3) is 21.9 Å². The Hall–Kier alpha value is -1.80. The third kappa shape index (κ3) is 10.7. The molecule has 0 aliphatic heterocycles. The molecular weight excluding hydrogens is 504 g/mol. The summed E-state index contributed by atoms with van der Waals surface area (Å²) in [7, 11) is 0. The Morgan fingerprint density at radius 1 is 0.556 bits per heavy atom. The molecule has 3 aromatic carbocycles. The maximum Gasteiger partial charge on any atom is 0.119 e. The van der Waals surface area contributed by atoms with Gasteiger partial charge in [-0.3, -0.25) is 0 Å². The molecule has 0 saturated carbocycles. The van der Waals surface area contributed by atoms with Crippen LogP contribution in [0.5, 0.6) is 5.75 Å². The van der Waals surface area contributed by atoms with Crippen LogP contribution in [0, 0.1) is 0 Å². The van der Waals surface area contributed by atoms with Crippen molar-refractivity contribution in [2.24, 2.45) is 0 Å². The zero-order valence-electron chi connectivity index (χ0n) is 22.6. The molecule has 0 fully saturated rings. The minimum Gasteiger partial charge on any atom is -0.494 e. The van der Waals surface area contributed by atoms with E-state index >= 15 is 0 Å². The molecule has 0 bridgehead atoms. The minimum atomic E-state index is 0.818. The number of hydrogen-bond acceptors (Lipinski definition) is 1. The van der Waals surface area contributed by atoms with Crippen molar-refractivity contribution in [2.45, 2.75) is 103 Å². The van der Waals surface area contributed by atoms with Crippen LogP contribution in [0.2, 0.25) is 0 Å². The maximum atomic E-state index is 6.06. The molecule has 0 amide bonds. The predicted octanol–water partition coefficient (Wildman–Crippen LogP) is 11.3. The average Bonchev–Trinajstić information content (AvgIpc) is 2.91. The van der Waals surface area contributed by atoms with Crippen LogP contribution in [0.3, 0.4) is 0 Å². The van der Waals surface area contributed by atoms with Gasteiger partial charge in [0.05, 0.1) is 6.61 Å². The number of halogens is 1. The highest BCUT2D eigenvalue weighted by Gasteiger charge is 2.03. The van der Waals surface area contributed by atoms with Gasteiger partial charge in [-0.2, -0.15) is 0 Å². The fourth-order valence-corrected chi connectivity index (χ4v) is 5.31. The number of ether oxygens (including phenoxy) is 1. The van der Waals surface area contributed by atoms with Crippen LogP contribution >= 0.6 is 15.9 Å². The van der Waals surface area contributed by atoms with E-state index in [9.17, 15) is 0 Å². The summed E-state index contributed by atoms with van der Waals surface area (Å²) in [6.07, 6.45) is 19.9. The van der Waals surface area contributed by atoms with E-state index in [0.29, 0.717) is 0 Å². The van der Waals surface area contributed by atoms with Crippen molar-refractivity contribution in [1.29, 1.82) is 0 Å². The smallest absolute Gasteiger partial charge is 0.119 e. The minimum absolute atomic E-state index is 0.818. The molecule has 36 heavy (non-hydrogen) atoms. The zero-order chi connectivity index (χ0) is 25.3. The molecule has 2 heteroatoms. The van der Waals surface area contributed by atoms with E-state index in [1.807, 2.05) is 0 Å². The Kier molecular flexibility index (Phi) is 14.1. The summed E-state index contributed by atoms with van der Waals surface area (Å²) >= 11 is 3.51. The number of aryl methyl sites for hydroxylation is 1. The topological polar surface area (TPSA) is 9.23 Å². The van der Waals surface area contributed by atoms with E-state index in [1.54, 1.807) is 0 Å². The molecule has 0 heterocycles. The lowest BCUT2D eigenvalue weighted by Gasteiger charge is -2.09. The van der Waals surface area contributed by atoms with Crippen LogP contribution in [0.4, 0.5) is 0 Å². The largest absolute Gasteiger partial charge is 0.494 e. The number of unbranched alkanes of at least 4 members (excludes halogenated alkanes) is 12. The van der Waals surface area contributed by atoms with Gasteiger partial charge in [0.15, 0.2) is 0 Å². The molecule has 0 atom stereocenters. The first kappa shape index (κ1) is 28.8. The van der Waals surface area contributed by atoms with Crippen LogP contribution in [-0.4, -0.2) is 11.9 Å². The molecular formula is C34H47BrO. The summed E-state index contributed by atoms with van der Waals surface area (Å²) in [5.74, 6) is 0.990. The molecule has 0 saturated heterocycles. The first-order chi connectivity index (χ1) is 17.8. The molecule has 0 aliphatic rings. The second-order valence-corrected chi connectivity index (χ2v) is 11.1. The normalized spacial score (nSPS) is 11.3. The standard InChI is InChI=1S/C34H47BrO/c1-2-3-4-5-10-13-16-29-17-19-30(20-18-29)31-21-22-33-28-34(24-23-32(33)27-31)36-26-15-12-9-7-6-8-11-14-25-35/h17-24,27-28H,2-16,25-26H2,1H3. The van der Waals surface area contributed by atoms with Crippen molar-refractivity contribution in [3.8, 4) is 16.9 Å². The van der Waals surface area contributed by atoms with Gasteiger partial charge >= 0.3 is 0 Å². The van der Waals surface area contributed by atoms with Gasteiger partial charge in [0.25, 0.3) is 0 Å². The second-order valence-electron chi connectivity index (χ2n) is 10.3. The van der Waals surface area contributed by atoms with E-state index < -0.39 is 0 Å². The summed E-state index contributed by atoms with van der Waals surface area (Å²) in [5, 5.41) is 3.67. The molecule has 0 unspecified atom stereocenters. The van der Waals surface area contributed by atoms with Crippen molar-refractivity contribution in [2.75, 3.05) is 11.9 Å². The molecule has 196 valence electrons. The highest BCUT2D eigenvalue weighted by atomic mass is 79.9. The summed E-state index contributed by atoms with van der Waals surface area (Å²) in [6, 6.07) is 22.5. The third-order valence-corrected chi connectivity index (χ3v) is 7.78. The molecule has 0 radical (unpaired) electrons. The van der Waals surface area contributed by atoms with Crippen LogP contribution in [0.1, 0.15) is 102 Å². The number of alkyl halides is 1. The van der Waals surface area contributed by atoms with Gasteiger partial charge in [-0.1, -0.05) is 136 Å². The van der Waals surface area contributed by atoms with Gasteiger partial charge in [-0.15, -0.1) is 0 Å². The zero-order valence-corrected chi connectivity index (χ0v) is 24.2. The van der Waals surface area contributed by atoms with Gasteiger partial charge in [0, 0.05) is 5.33 Å². The summed E-state index contributed by atoms with van der Waals surface area (Å²) in [4.78, 5) is 0. The fraction of sp³-hybridized carbons (Fsp3) is 0.529. The predicted molar refractivity (Wildman–Crippen MR) is 163 cm³/mol. The molecule has 0 spiro atoms. The van der Waals surface area contributed by atoms with Crippen LogP contribution in [-0.2, 0) is 6.42 Å². The monoisotopic (exact) mass is 550 g/mol. The lowest BCUT2D eigenvalue weighted by atomic mass is 9.98. The van der Waals surface area contributed by atoms with E-state index in [4.69, 9.17) is 4.74 Å². The third-order valence-electron chi connectivity index (χ3n) is 7.21.